The summed E-state index contributed by atoms with van der Waals surface area (Å²) in [4.78, 5) is 25.8. The predicted molar refractivity (Wildman–Crippen MR) is 68.5 cm³/mol. The summed E-state index contributed by atoms with van der Waals surface area (Å²) in [5, 5.41) is 13.3. The first-order valence-corrected chi connectivity index (χ1v) is 5.69. The molecule has 0 bridgehead atoms. The van der Waals surface area contributed by atoms with Crippen LogP contribution in [0.15, 0.2) is 42.7 Å². The van der Waals surface area contributed by atoms with E-state index in [1.807, 2.05) is 0 Å². The number of nitrogens with zero attached hydrogens (tertiary/aromatic N) is 2. The molecule has 2 rings (SSSR count). The standard InChI is InChI=1S/C13H10FN3O3/c14-10-3-4-12(17(19)20)11(6-10)13(18)16-8-9-2-1-5-15-7-9/h1-7H,8H2,(H,16,18). The summed E-state index contributed by atoms with van der Waals surface area (Å²) in [5.41, 5.74) is -0.00566. The molecule has 0 fully saturated rings. The lowest BCUT2D eigenvalue weighted by atomic mass is 10.1. The van der Waals surface area contributed by atoms with Gasteiger partial charge in [-0.05, 0) is 23.8 Å². The molecule has 0 unspecified atom stereocenters. The summed E-state index contributed by atoms with van der Waals surface area (Å²) in [6.07, 6.45) is 3.14. The number of amides is 1. The van der Waals surface area contributed by atoms with Crippen LogP contribution >= 0.6 is 0 Å². The van der Waals surface area contributed by atoms with Gasteiger partial charge in [-0.1, -0.05) is 6.07 Å². The van der Waals surface area contributed by atoms with E-state index in [0.717, 1.165) is 23.8 Å². The number of halogens is 1. The number of nitrogens with one attached hydrogen (secondary N) is 1. The summed E-state index contributed by atoms with van der Waals surface area (Å²) in [6.45, 7) is 0.153. The quantitative estimate of drug-likeness (QED) is 0.683. The zero-order valence-corrected chi connectivity index (χ0v) is 10.2. The Kier molecular flexibility index (Phi) is 3.99. The lowest BCUT2D eigenvalue weighted by Crippen LogP contribution is -2.23. The van der Waals surface area contributed by atoms with Crippen molar-refractivity contribution in [1.82, 2.24) is 10.3 Å². The number of hydrogen-bond donors (Lipinski definition) is 1. The second-order valence-electron chi connectivity index (χ2n) is 3.96. The van der Waals surface area contributed by atoms with Gasteiger partial charge in [-0.15, -0.1) is 0 Å². The van der Waals surface area contributed by atoms with Gasteiger partial charge in [0.2, 0.25) is 0 Å². The van der Waals surface area contributed by atoms with Crippen LogP contribution in [0.4, 0.5) is 10.1 Å². The SMILES string of the molecule is O=C(NCc1cccnc1)c1cc(F)ccc1[N+](=O)[O-]. The van der Waals surface area contributed by atoms with Crippen molar-refractivity contribution < 1.29 is 14.1 Å². The van der Waals surface area contributed by atoms with Crippen LogP contribution < -0.4 is 5.32 Å². The van der Waals surface area contributed by atoms with Gasteiger partial charge in [0.05, 0.1) is 4.92 Å². The smallest absolute Gasteiger partial charge is 0.282 e. The van der Waals surface area contributed by atoms with E-state index in [4.69, 9.17) is 0 Å². The van der Waals surface area contributed by atoms with Crippen molar-refractivity contribution in [2.45, 2.75) is 6.54 Å². The number of rotatable bonds is 4. The van der Waals surface area contributed by atoms with Crippen molar-refractivity contribution >= 4 is 11.6 Å². The lowest BCUT2D eigenvalue weighted by Gasteiger charge is -2.05. The number of nitro benzene ring substituents is 1. The minimum absolute atomic E-state index is 0.153. The summed E-state index contributed by atoms with van der Waals surface area (Å²) in [5.74, 6) is -1.41. The van der Waals surface area contributed by atoms with E-state index in [1.165, 1.54) is 0 Å². The number of nitro groups is 1. The van der Waals surface area contributed by atoms with Crippen LogP contribution in [-0.2, 0) is 6.54 Å². The van der Waals surface area contributed by atoms with E-state index in [9.17, 15) is 19.3 Å². The highest BCUT2D eigenvalue weighted by molar-refractivity contribution is 5.98. The van der Waals surface area contributed by atoms with Gasteiger partial charge in [0.25, 0.3) is 11.6 Å². The Hall–Kier alpha value is -2.83. The lowest BCUT2D eigenvalue weighted by molar-refractivity contribution is -0.385. The molecule has 0 aliphatic carbocycles. The Balaban J connectivity index is 2.17. The fraction of sp³-hybridized carbons (Fsp3) is 0.0769. The maximum atomic E-state index is 13.1. The van der Waals surface area contributed by atoms with Crippen molar-refractivity contribution in [3.05, 3.63) is 69.8 Å². The van der Waals surface area contributed by atoms with Crippen LogP contribution in [0.3, 0.4) is 0 Å². The zero-order valence-electron chi connectivity index (χ0n) is 10.2. The Bertz CT molecular complexity index is 647. The van der Waals surface area contributed by atoms with E-state index in [-0.39, 0.29) is 12.1 Å². The molecule has 0 spiro atoms. The molecule has 1 aromatic carbocycles. The first kappa shape index (κ1) is 13.6. The molecular weight excluding hydrogens is 265 g/mol. The monoisotopic (exact) mass is 275 g/mol. The Morgan fingerprint density at radius 2 is 2.20 bits per heavy atom. The molecule has 1 aromatic heterocycles. The highest BCUT2D eigenvalue weighted by Crippen LogP contribution is 2.19. The van der Waals surface area contributed by atoms with Crippen molar-refractivity contribution in [2.24, 2.45) is 0 Å². The first-order valence-electron chi connectivity index (χ1n) is 5.69. The fourth-order valence-electron chi connectivity index (χ4n) is 1.63. The Morgan fingerprint density at radius 3 is 2.85 bits per heavy atom. The van der Waals surface area contributed by atoms with E-state index in [0.29, 0.717) is 0 Å². The second-order valence-corrected chi connectivity index (χ2v) is 3.96. The molecule has 0 radical (unpaired) electrons. The van der Waals surface area contributed by atoms with Crippen LogP contribution in [0.2, 0.25) is 0 Å². The van der Waals surface area contributed by atoms with Crippen LogP contribution in [0.1, 0.15) is 15.9 Å². The highest BCUT2D eigenvalue weighted by Gasteiger charge is 2.20. The molecule has 7 heteroatoms. The average Bonchev–Trinajstić information content (AvgIpc) is 2.45. The molecule has 2 aromatic rings. The zero-order chi connectivity index (χ0) is 14.5. The van der Waals surface area contributed by atoms with Gasteiger partial charge in [-0.25, -0.2) is 4.39 Å². The molecular formula is C13H10FN3O3. The number of carbonyl (C=O) groups excluding carboxylic acids is 1. The molecule has 20 heavy (non-hydrogen) atoms. The van der Waals surface area contributed by atoms with Crippen LogP contribution in [0, 0.1) is 15.9 Å². The van der Waals surface area contributed by atoms with E-state index >= 15 is 0 Å². The van der Waals surface area contributed by atoms with Crippen molar-refractivity contribution in [3.63, 3.8) is 0 Å². The second kappa shape index (κ2) is 5.87. The van der Waals surface area contributed by atoms with E-state index < -0.39 is 22.3 Å². The van der Waals surface area contributed by atoms with Gasteiger partial charge in [-0.2, -0.15) is 0 Å². The third-order valence-electron chi connectivity index (χ3n) is 2.58. The van der Waals surface area contributed by atoms with Crippen molar-refractivity contribution in [2.75, 3.05) is 0 Å². The van der Waals surface area contributed by atoms with Gasteiger partial charge in [0.1, 0.15) is 11.4 Å². The van der Waals surface area contributed by atoms with Gasteiger partial charge in [0, 0.05) is 25.0 Å². The van der Waals surface area contributed by atoms with Gasteiger partial charge < -0.3 is 5.32 Å². The molecule has 0 aliphatic rings. The van der Waals surface area contributed by atoms with Crippen LogP contribution in [0.25, 0.3) is 0 Å². The number of hydrogen-bond acceptors (Lipinski definition) is 4. The minimum atomic E-state index is -0.724. The predicted octanol–water partition coefficient (Wildman–Crippen LogP) is 2.06. The third-order valence-corrected chi connectivity index (χ3v) is 2.58. The number of benzene rings is 1. The molecule has 0 saturated carbocycles. The molecule has 1 N–H and O–H groups in total. The van der Waals surface area contributed by atoms with Crippen molar-refractivity contribution in [1.29, 1.82) is 0 Å². The van der Waals surface area contributed by atoms with Crippen LogP contribution in [0.5, 0.6) is 0 Å². The molecule has 102 valence electrons. The topological polar surface area (TPSA) is 85.1 Å². The molecule has 0 aliphatic heterocycles. The summed E-state index contributed by atoms with van der Waals surface area (Å²) >= 11 is 0. The minimum Gasteiger partial charge on any atom is -0.348 e. The molecule has 1 heterocycles. The van der Waals surface area contributed by atoms with Gasteiger partial charge >= 0.3 is 0 Å². The average molecular weight is 275 g/mol. The molecule has 0 atom stereocenters. The first-order chi connectivity index (χ1) is 9.58. The molecule has 0 saturated heterocycles. The highest BCUT2D eigenvalue weighted by atomic mass is 19.1. The Morgan fingerprint density at radius 1 is 1.40 bits per heavy atom. The Labute approximate surface area is 113 Å². The summed E-state index contributed by atoms with van der Waals surface area (Å²) < 4.78 is 13.1. The van der Waals surface area contributed by atoms with E-state index in [2.05, 4.69) is 10.3 Å². The number of carbonyl (C=O) groups is 1. The largest absolute Gasteiger partial charge is 0.348 e. The maximum absolute atomic E-state index is 13.1. The van der Waals surface area contributed by atoms with Gasteiger partial charge in [0.15, 0.2) is 0 Å². The number of pyridine rings is 1. The van der Waals surface area contributed by atoms with Crippen LogP contribution in [-0.4, -0.2) is 15.8 Å². The summed E-state index contributed by atoms with van der Waals surface area (Å²) in [7, 11) is 0. The summed E-state index contributed by atoms with van der Waals surface area (Å²) in [6, 6.07) is 6.19. The third kappa shape index (κ3) is 3.14. The normalized spacial score (nSPS) is 10.1. The number of aromatic nitrogens is 1. The molecule has 1 amide bonds. The van der Waals surface area contributed by atoms with Crippen molar-refractivity contribution in [3.8, 4) is 0 Å². The molecule has 6 nitrogen and oxygen atoms in total. The van der Waals surface area contributed by atoms with Gasteiger partial charge in [-0.3, -0.25) is 19.9 Å². The maximum Gasteiger partial charge on any atom is 0.282 e. The van der Waals surface area contributed by atoms with E-state index in [1.54, 1.807) is 24.5 Å². The fourth-order valence-corrected chi connectivity index (χ4v) is 1.63.